The van der Waals surface area contributed by atoms with Gasteiger partial charge in [-0.3, -0.25) is 4.90 Å². The van der Waals surface area contributed by atoms with Crippen molar-refractivity contribution in [2.75, 3.05) is 31.1 Å². The van der Waals surface area contributed by atoms with Crippen LogP contribution in [0.25, 0.3) is 10.9 Å². The van der Waals surface area contributed by atoms with E-state index in [1.54, 1.807) is 6.33 Å². The molecule has 0 bridgehead atoms. The van der Waals surface area contributed by atoms with E-state index in [2.05, 4.69) is 48.2 Å². The van der Waals surface area contributed by atoms with Gasteiger partial charge in [0.05, 0.1) is 17.4 Å². The van der Waals surface area contributed by atoms with Crippen molar-refractivity contribution >= 4 is 16.6 Å². The molecule has 0 amide bonds. The maximum atomic E-state index is 6.08. The van der Waals surface area contributed by atoms with Crippen LogP contribution in [0.5, 0.6) is 5.88 Å². The highest BCUT2D eigenvalue weighted by Gasteiger charge is 2.22. The predicted molar refractivity (Wildman–Crippen MR) is 99.6 cm³/mol. The molecule has 27 heavy (non-hydrogen) atoms. The van der Waals surface area contributed by atoms with Crippen molar-refractivity contribution in [3.8, 4) is 5.88 Å². The largest absolute Gasteiger partial charge is 0.474 e. The number of nitrogens with zero attached hydrogens (tertiary/aromatic N) is 6. The summed E-state index contributed by atoms with van der Waals surface area (Å²) in [6, 6.07) is 6.36. The summed E-state index contributed by atoms with van der Waals surface area (Å²) < 4.78 is 11.3. The van der Waals surface area contributed by atoms with Gasteiger partial charge in [-0.2, -0.15) is 0 Å². The Morgan fingerprint density at radius 2 is 2.00 bits per heavy atom. The lowest BCUT2D eigenvalue weighted by Gasteiger charge is -2.35. The SMILES string of the molecule is c1nc(OC2CCC2)c2cc(N3CCN(Cc4nnco4)CC3)ccc2n1. The van der Waals surface area contributed by atoms with Crippen LogP contribution in [0.15, 0.2) is 35.3 Å². The second-order valence-corrected chi connectivity index (χ2v) is 7.15. The minimum absolute atomic E-state index is 0.306. The fraction of sp³-hybridized carbons (Fsp3) is 0.474. The van der Waals surface area contributed by atoms with E-state index in [1.807, 2.05) is 0 Å². The highest BCUT2D eigenvalue weighted by atomic mass is 16.5. The average Bonchev–Trinajstić information content (AvgIpc) is 3.18. The van der Waals surface area contributed by atoms with E-state index in [4.69, 9.17) is 9.15 Å². The minimum atomic E-state index is 0.306. The summed E-state index contributed by atoms with van der Waals surface area (Å²) in [5, 5.41) is 8.70. The molecule has 8 heteroatoms. The molecular formula is C19H22N6O2. The second kappa shape index (κ2) is 7.11. The van der Waals surface area contributed by atoms with Crippen LogP contribution in [0.1, 0.15) is 25.2 Å². The third-order valence-electron chi connectivity index (χ3n) is 5.41. The lowest BCUT2D eigenvalue weighted by Crippen LogP contribution is -2.46. The predicted octanol–water partition coefficient (Wildman–Crippen LogP) is 2.27. The van der Waals surface area contributed by atoms with E-state index >= 15 is 0 Å². The van der Waals surface area contributed by atoms with Gasteiger partial charge >= 0.3 is 0 Å². The monoisotopic (exact) mass is 366 g/mol. The van der Waals surface area contributed by atoms with Crippen molar-refractivity contribution in [1.29, 1.82) is 0 Å². The second-order valence-electron chi connectivity index (χ2n) is 7.15. The lowest BCUT2D eigenvalue weighted by atomic mass is 9.96. The highest BCUT2D eigenvalue weighted by molar-refractivity contribution is 5.86. The third-order valence-corrected chi connectivity index (χ3v) is 5.41. The zero-order chi connectivity index (χ0) is 18.1. The molecule has 1 saturated heterocycles. The summed E-state index contributed by atoms with van der Waals surface area (Å²) in [5.41, 5.74) is 2.12. The van der Waals surface area contributed by atoms with Crippen LogP contribution in [-0.2, 0) is 6.54 Å². The molecule has 0 unspecified atom stereocenters. The normalized spacial score (nSPS) is 18.6. The molecule has 1 aliphatic heterocycles. The molecule has 140 valence electrons. The summed E-state index contributed by atoms with van der Waals surface area (Å²) in [6.07, 6.45) is 6.76. The van der Waals surface area contributed by atoms with Gasteiger partial charge in [-0.05, 0) is 37.5 Å². The number of anilines is 1. The molecular weight excluding hydrogens is 344 g/mol. The maximum absolute atomic E-state index is 6.08. The number of fused-ring (bicyclic) bond motifs is 1. The van der Waals surface area contributed by atoms with Gasteiger partial charge in [0.25, 0.3) is 0 Å². The van der Waals surface area contributed by atoms with Crippen LogP contribution in [0.2, 0.25) is 0 Å². The Balaban J connectivity index is 1.30. The smallest absolute Gasteiger partial charge is 0.230 e. The number of ether oxygens (including phenoxy) is 1. The van der Waals surface area contributed by atoms with Crippen LogP contribution >= 0.6 is 0 Å². The molecule has 3 aromatic rings. The molecule has 0 atom stereocenters. The number of hydrogen-bond donors (Lipinski definition) is 0. The first kappa shape index (κ1) is 16.4. The first-order valence-electron chi connectivity index (χ1n) is 9.49. The van der Waals surface area contributed by atoms with E-state index < -0.39 is 0 Å². The molecule has 3 heterocycles. The number of hydrogen-bond acceptors (Lipinski definition) is 8. The molecule has 5 rings (SSSR count). The molecule has 0 radical (unpaired) electrons. The molecule has 0 spiro atoms. The molecule has 1 saturated carbocycles. The Kier molecular flexibility index (Phi) is 4.33. The van der Waals surface area contributed by atoms with E-state index in [1.165, 1.54) is 18.5 Å². The van der Waals surface area contributed by atoms with Gasteiger partial charge in [0.15, 0.2) is 0 Å². The van der Waals surface area contributed by atoms with E-state index in [-0.39, 0.29) is 0 Å². The highest BCUT2D eigenvalue weighted by Crippen LogP contribution is 2.31. The van der Waals surface area contributed by atoms with Gasteiger partial charge in [0, 0.05) is 31.9 Å². The molecule has 1 aliphatic carbocycles. The average molecular weight is 366 g/mol. The van der Waals surface area contributed by atoms with Crippen molar-refractivity contribution in [3.05, 3.63) is 36.8 Å². The van der Waals surface area contributed by atoms with Crippen LogP contribution in [0, 0.1) is 0 Å². The zero-order valence-corrected chi connectivity index (χ0v) is 15.1. The van der Waals surface area contributed by atoms with Gasteiger partial charge in [0.2, 0.25) is 18.2 Å². The van der Waals surface area contributed by atoms with Crippen LogP contribution < -0.4 is 9.64 Å². The molecule has 2 aliphatic rings. The minimum Gasteiger partial charge on any atom is -0.474 e. The molecule has 2 aromatic heterocycles. The summed E-state index contributed by atoms with van der Waals surface area (Å²) in [4.78, 5) is 13.5. The van der Waals surface area contributed by atoms with E-state index in [9.17, 15) is 0 Å². The summed E-state index contributed by atoms with van der Waals surface area (Å²) >= 11 is 0. The van der Waals surface area contributed by atoms with Crippen LogP contribution in [-0.4, -0.2) is 57.3 Å². The van der Waals surface area contributed by atoms with Gasteiger partial charge in [0.1, 0.15) is 12.4 Å². The Morgan fingerprint density at radius 3 is 2.74 bits per heavy atom. The van der Waals surface area contributed by atoms with Gasteiger partial charge < -0.3 is 14.1 Å². The van der Waals surface area contributed by atoms with Crippen LogP contribution in [0.3, 0.4) is 0 Å². The number of piperazine rings is 1. The Bertz CT molecular complexity index is 904. The summed E-state index contributed by atoms with van der Waals surface area (Å²) in [5.74, 6) is 1.38. The quantitative estimate of drug-likeness (QED) is 0.680. The van der Waals surface area contributed by atoms with Crippen molar-refractivity contribution in [3.63, 3.8) is 0 Å². The fourth-order valence-corrected chi connectivity index (χ4v) is 3.58. The van der Waals surface area contributed by atoms with Crippen molar-refractivity contribution in [2.45, 2.75) is 31.9 Å². The molecule has 1 aromatic carbocycles. The lowest BCUT2D eigenvalue weighted by molar-refractivity contribution is 0.116. The number of benzene rings is 1. The van der Waals surface area contributed by atoms with E-state index in [0.717, 1.165) is 49.9 Å². The fourth-order valence-electron chi connectivity index (χ4n) is 3.58. The summed E-state index contributed by atoms with van der Waals surface area (Å²) in [7, 11) is 0. The standard InChI is InChI=1S/C19H22N6O2/c1-2-15(3-1)27-19-16-10-14(4-5-17(16)20-12-21-19)25-8-6-24(7-9-25)11-18-23-22-13-26-18/h4-5,10,12-13,15H,1-3,6-9,11H2. The molecule has 0 N–H and O–H groups in total. The number of aromatic nitrogens is 4. The number of rotatable bonds is 5. The Hall–Kier alpha value is -2.74. The summed E-state index contributed by atoms with van der Waals surface area (Å²) in [6.45, 7) is 4.52. The first-order valence-corrected chi connectivity index (χ1v) is 9.49. The zero-order valence-electron chi connectivity index (χ0n) is 15.1. The van der Waals surface area contributed by atoms with Crippen molar-refractivity contribution < 1.29 is 9.15 Å². The van der Waals surface area contributed by atoms with Gasteiger partial charge in [-0.1, -0.05) is 0 Å². The van der Waals surface area contributed by atoms with Gasteiger partial charge in [-0.15, -0.1) is 10.2 Å². The third kappa shape index (κ3) is 3.44. The van der Waals surface area contributed by atoms with Crippen molar-refractivity contribution in [1.82, 2.24) is 25.1 Å². The Labute approximate surface area is 157 Å². The Morgan fingerprint density at radius 1 is 1.11 bits per heavy atom. The molecule has 2 fully saturated rings. The van der Waals surface area contributed by atoms with Crippen LogP contribution in [0.4, 0.5) is 5.69 Å². The van der Waals surface area contributed by atoms with Crippen molar-refractivity contribution in [2.24, 2.45) is 0 Å². The first-order chi connectivity index (χ1) is 13.3. The molecule has 8 nitrogen and oxygen atoms in total. The maximum Gasteiger partial charge on any atom is 0.230 e. The topological polar surface area (TPSA) is 80.4 Å². The van der Waals surface area contributed by atoms with Gasteiger partial charge in [-0.25, -0.2) is 9.97 Å². The van der Waals surface area contributed by atoms with E-state index in [0.29, 0.717) is 24.4 Å².